The zero-order chi connectivity index (χ0) is 18.7. The first-order valence-electron chi connectivity index (χ1n) is 8.29. The van der Waals surface area contributed by atoms with Crippen LogP contribution in [-0.4, -0.2) is 42.4 Å². The predicted molar refractivity (Wildman–Crippen MR) is 96.8 cm³/mol. The number of hydrogen-bond donors (Lipinski definition) is 0. The number of carbonyl (C=O) groups excluding carboxylic acids is 2. The molecule has 1 aliphatic heterocycles. The van der Waals surface area contributed by atoms with Crippen molar-refractivity contribution in [3.8, 4) is 5.75 Å². The first-order chi connectivity index (χ1) is 12.5. The molecule has 0 aliphatic carbocycles. The lowest BCUT2D eigenvalue weighted by molar-refractivity contribution is -0.129. The standard InChI is InChI=1S/C18H20FN3O3S/c1-21(10-12-5-6-15(25-2)14(19)8-12)17(24)9-13-11-26-18(20-13)22-7-3-4-16(22)23/h5-6,8,11H,3-4,7,9-10H2,1-2H3. The minimum absolute atomic E-state index is 0.0795. The van der Waals surface area contributed by atoms with Crippen LogP contribution in [0.25, 0.3) is 0 Å². The predicted octanol–water partition coefficient (Wildman–Crippen LogP) is 2.62. The zero-order valence-corrected chi connectivity index (χ0v) is 15.5. The van der Waals surface area contributed by atoms with Crippen molar-refractivity contribution in [2.45, 2.75) is 25.8 Å². The molecule has 0 atom stereocenters. The Bertz CT molecular complexity index is 824. The molecule has 0 N–H and O–H groups in total. The van der Waals surface area contributed by atoms with Crippen molar-refractivity contribution in [1.29, 1.82) is 0 Å². The van der Waals surface area contributed by atoms with Crippen molar-refractivity contribution < 1.29 is 18.7 Å². The number of rotatable bonds is 6. The van der Waals surface area contributed by atoms with Crippen LogP contribution < -0.4 is 9.64 Å². The maximum Gasteiger partial charge on any atom is 0.228 e. The van der Waals surface area contributed by atoms with E-state index in [2.05, 4.69) is 4.98 Å². The highest BCUT2D eigenvalue weighted by Crippen LogP contribution is 2.25. The van der Waals surface area contributed by atoms with Crippen LogP contribution in [0.15, 0.2) is 23.6 Å². The van der Waals surface area contributed by atoms with Gasteiger partial charge in [-0.3, -0.25) is 14.5 Å². The molecule has 2 heterocycles. The molecule has 1 aromatic heterocycles. The molecule has 1 aliphatic rings. The largest absolute Gasteiger partial charge is 0.494 e. The minimum Gasteiger partial charge on any atom is -0.494 e. The number of carbonyl (C=O) groups is 2. The van der Waals surface area contributed by atoms with E-state index < -0.39 is 5.82 Å². The van der Waals surface area contributed by atoms with Crippen molar-refractivity contribution in [3.63, 3.8) is 0 Å². The summed E-state index contributed by atoms with van der Waals surface area (Å²) in [5.41, 5.74) is 1.32. The van der Waals surface area contributed by atoms with Gasteiger partial charge in [-0.2, -0.15) is 0 Å². The van der Waals surface area contributed by atoms with Crippen molar-refractivity contribution in [2.24, 2.45) is 0 Å². The second-order valence-electron chi connectivity index (χ2n) is 6.17. The number of thiazole rings is 1. The van der Waals surface area contributed by atoms with E-state index in [1.807, 2.05) is 0 Å². The van der Waals surface area contributed by atoms with E-state index in [0.29, 0.717) is 35.9 Å². The average Bonchev–Trinajstić information content (AvgIpc) is 3.23. The Morgan fingerprint density at radius 3 is 2.92 bits per heavy atom. The van der Waals surface area contributed by atoms with Gasteiger partial charge in [0.2, 0.25) is 11.8 Å². The normalized spacial score (nSPS) is 14.0. The second-order valence-corrected chi connectivity index (χ2v) is 7.00. The fourth-order valence-electron chi connectivity index (χ4n) is 2.81. The topological polar surface area (TPSA) is 62.7 Å². The molecule has 1 aromatic carbocycles. The van der Waals surface area contributed by atoms with Gasteiger partial charge in [-0.1, -0.05) is 6.07 Å². The average molecular weight is 377 g/mol. The first-order valence-corrected chi connectivity index (χ1v) is 9.17. The summed E-state index contributed by atoms with van der Waals surface area (Å²) in [5.74, 6) is -0.318. The molecule has 0 radical (unpaired) electrons. The van der Waals surface area contributed by atoms with Crippen LogP contribution in [0.4, 0.5) is 9.52 Å². The van der Waals surface area contributed by atoms with Crippen LogP contribution in [0.2, 0.25) is 0 Å². The Kier molecular flexibility index (Phi) is 5.51. The molecule has 2 aromatic rings. The summed E-state index contributed by atoms with van der Waals surface area (Å²) in [6, 6.07) is 4.64. The van der Waals surface area contributed by atoms with E-state index in [-0.39, 0.29) is 24.0 Å². The third-order valence-corrected chi connectivity index (χ3v) is 5.15. The van der Waals surface area contributed by atoms with E-state index >= 15 is 0 Å². The quantitative estimate of drug-likeness (QED) is 0.776. The molecule has 0 spiro atoms. The van der Waals surface area contributed by atoms with Crippen molar-refractivity contribution >= 4 is 28.3 Å². The SMILES string of the molecule is COc1ccc(CN(C)C(=O)Cc2csc(N3CCCC3=O)n2)cc1F. The summed E-state index contributed by atoms with van der Waals surface area (Å²) < 4.78 is 18.7. The van der Waals surface area contributed by atoms with Crippen LogP contribution in [0.1, 0.15) is 24.1 Å². The van der Waals surface area contributed by atoms with E-state index in [1.54, 1.807) is 29.5 Å². The lowest BCUT2D eigenvalue weighted by atomic mass is 10.2. The number of hydrogen-bond acceptors (Lipinski definition) is 5. The summed E-state index contributed by atoms with van der Waals surface area (Å²) in [6.07, 6.45) is 1.54. The first kappa shape index (κ1) is 18.3. The van der Waals surface area contributed by atoms with Gasteiger partial charge in [-0.25, -0.2) is 9.37 Å². The van der Waals surface area contributed by atoms with Gasteiger partial charge in [0.25, 0.3) is 0 Å². The number of nitrogens with zero attached hydrogens (tertiary/aromatic N) is 3. The molecule has 1 fully saturated rings. The fourth-order valence-corrected chi connectivity index (χ4v) is 3.68. The molecule has 0 saturated carbocycles. The summed E-state index contributed by atoms with van der Waals surface area (Å²) >= 11 is 1.37. The van der Waals surface area contributed by atoms with Crippen LogP contribution in [0.3, 0.4) is 0 Å². The number of benzene rings is 1. The molecule has 26 heavy (non-hydrogen) atoms. The maximum absolute atomic E-state index is 13.8. The van der Waals surface area contributed by atoms with Crippen LogP contribution in [0.5, 0.6) is 5.75 Å². The number of anilines is 1. The number of ether oxygens (including phenoxy) is 1. The molecule has 3 rings (SSSR count). The van der Waals surface area contributed by atoms with Gasteiger partial charge >= 0.3 is 0 Å². The Balaban J connectivity index is 1.60. The number of amides is 2. The highest BCUT2D eigenvalue weighted by molar-refractivity contribution is 7.14. The summed E-state index contributed by atoms with van der Waals surface area (Å²) in [7, 11) is 3.08. The molecule has 6 nitrogen and oxygen atoms in total. The minimum atomic E-state index is -0.453. The molecule has 2 amide bonds. The van der Waals surface area contributed by atoms with E-state index in [9.17, 15) is 14.0 Å². The number of methoxy groups -OCH3 is 1. The van der Waals surface area contributed by atoms with Crippen LogP contribution in [0, 0.1) is 5.82 Å². The van der Waals surface area contributed by atoms with Crippen molar-refractivity contribution in [1.82, 2.24) is 9.88 Å². The van der Waals surface area contributed by atoms with E-state index in [1.165, 1.54) is 29.4 Å². The van der Waals surface area contributed by atoms with Gasteiger partial charge < -0.3 is 9.64 Å². The Morgan fingerprint density at radius 2 is 2.27 bits per heavy atom. The van der Waals surface area contributed by atoms with Gasteiger partial charge in [-0.05, 0) is 24.1 Å². The molecule has 138 valence electrons. The third-order valence-electron chi connectivity index (χ3n) is 4.24. The van der Waals surface area contributed by atoms with Crippen LogP contribution >= 0.6 is 11.3 Å². The number of aromatic nitrogens is 1. The van der Waals surface area contributed by atoms with E-state index in [0.717, 1.165) is 6.42 Å². The molecule has 0 bridgehead atoms. The smallest absolute Gasteiger partial charge is 0.228 e. The van der Waals surface area contributed by atoms with Crippen LogP contribution in [-0.2, 0) is 22.6 Å². The third kappa shape index (κ3) is 4.01. The molecule has 8 heteroatoms. The Morgan fingerprint density at radius 1 is 1.46 bits per heavy atom. The highest BCUT2D eigenvalue weighted by atomic mass is 32.1. The Hall–Kier alpha value is -2.48. The molecule has 0 unspecified atom stereocenters. The zero-order valence-electron chi connectivity index (χ0n) is 14.7. The van der Waals surface area contributed by atoms with Gasteiger partial charge in [0.15, 0.2) is 16.7 Å². The highest BCUT2D eigenvalue weighted by Gasteiger charge is 2.24. The van der Waals surface area contributed by atoms with Crippen molar-refractivity contribution in [2.75, 3.05) is 25.6 Å². The summed E-state index contributed by atoms with van der Waals surface area (Å²) in [6.45, 7) is 0.976. The molecular formula is C18H20FN3O3S. The lowest BCUT2D eigenvalue weighted by Gasteiger charge is -2.17. The number of likely N-dealkylation sites (N-methyl/N-ethyl adjacent to an activating group) is 1. The van der Waals surface area contributed by atoms with Gasteiger partial charge in [0.05, 0.1) is 19.2 Å². The monoisotopic (exact) mass is 377 g/mol. The molecule has 1 saturated heterocycles. The summed E-state index contributed by atoms with van der Waals surface area (Å²) in [5, 5.41) is 2.45. The van der Waals surface area contributed by atoms with Gasteiger partial charge in [-0.15, -0.1) is 11.3 Å². The second kappa shape index (κ2) is 7.82. The van der Waals surface area contributed by atoms with E-state index in [4.69, 9.17) is 4.74 Å². The molecular weight excluding hydrogens is 357 g/mol. The lowest BCUT2D eigenvalue weighted by Crippen LogP contribution is -2.28. The maximum atomic E-state index is 13.8. The Labute approximate surface area is 155 Å². The van der Waals surface area contributed by atoms with Gasteiger partial charge in [0, 0.05) is 31.9 Å². The fraction of sp³-hybridized carbons (Fsp3) is 0.389. The van der Waals surface area contributed by atoms with Gasteiger partial charge in [0.1, 0.15) is 0 Å². The summed E-state index contributed by atoms with van der Waals surface area (Å²) in [4.78, 5) is 31.8. The van der Waals surface area contributed by atoms with Crippen molar-refractivity contribution in [3.05, 3.63) is 40.7 Å². The number of halogens is 1.